The van der Waals surface area contributed by atoms with E-state index in [1.54, 1.807) is 18.2 Å². The van der Waals surface area contributed by atoms with Crippen LogP contribution in [0.4, 0.5) is 4.79 Å². The van der Waals surface area contributed by atoms with Gasteiger partial charge in [-0.3, -0.25) is 19.3 Å². The number of aliphatic carboxylic acids is 1. The zero-order chi connectivity index (χ0) is 21.8. The molecule has 3 rings (SSSR count). The van der Waals surface area contributed by atoms with Gasteiger partial charge in [0.1, 0.15) is 11.5 Å². The molecule has 0 bridgehead atoms. The number of carboxylic acids is 1. The second-order valence-corrected chi connectivity index (χ2v) is 8.70. The van der Waals surface area contributed by atoms with Gasteiger partial charge in [0.05, 0.1) is 20.0 Å². The topological polar surface area (TPSA) is 87.8 Å². The van der Waals surface area contributed by atoms with Crippen molar-refractivity contribution in [1.82, 2.24) is 4.90 Å². The van der Waals surface area contributed by atoms with Crippen molar-refractivity contribution < 1.29 is 23.9 Å². The van der Waals surface area contributed by atoms with Crippen molar-refractivity contribution in [2.75, 3.05) is 6.54 Å². The molecule has 0 radical (unpaired) electrons. The van der Waals surface area contributed by atoms with Crippen molar-refractivity contribution >= 4 is 69.8 Å². The number of hydrogen-bond acceptors (Lipinski definition) is 5. The van der Waals surface area contributed by atoms with E-state index in [4.69, 9.17) is 44.3 Å². The maximum absolute atomic E-state index is 12.5. The molecule has 0 spiro atoms. The van der Waals surface area contributed by atoms with Gasteiger partial charge in [-0.1, -0.05) is 41.2 Å². The van der Waals surface area contributed by atoms with Gasteiger partial charge in [-0.15, -0.1) is 0 Å². The summed E-state index contributed by atoms with van der Waals surface area (Å²) in [6.45, 7) is 0.254. The molecule has 6 nitrogen and oxygen atoms in total. The van der Waals surface area contributed by atoms with Crippen LogP contribution in [-0.2, 0) is 9.59 Å². The minimum absolute atomic E-state index is 0.0749. The van der Waals surface area contributed by atoms with E-state index in [1.807, 2.05) is 0 Å². The molecule has 1 aromatic heterocycles. The molecular formula is C20H16Cl3NO5S. The maximum atomic E-state index is 12.5. The van der Waals surface area contributed by atoms with Crippen LogP contribution in [0.15, 0.2) is 33.6 Å². The third-order valence-electron chi connectivity index (χ3n) is 4.32. The molecule has 1 N–H and O–H groups in total. The molecule has 0 saturated carbocycles. The number of carbonyl (C=O) groups is 3. The molecule has 10 heteroatoms. The number of amides is 2. The number of nitrogens with zero attached hydrogens (tertiary/aromatic N) is 1. The van der Waals surface area contributed by atoms with E-state index in [-0.39, 0.29) is 23.1 Å². The number of rotatable bonds is 8. The maximum Gasteiger partial charge on any atom is 0.303 e. The molecule has 30 heavy (non-hydrogen) atoms. The fourth-order valence-electron chi connectivity index (χ4n) is 2.83. The van der Waals surface area contributed by atoms with Crippen LogP contribution in [0, 0.1) is 0 Å². The molecule has 1 aliphatic rings. The minimum Gasteiger partial charge on any atom is -0.481 e. The Bertz CT molecular complexity index is 1030. The molecule has 0 aliphatic carbocycles. The summed E-state index contributed by atoms with van der Waals surface area (Å²) < 4.78 is 5.75. The summed E-state index contributed by atoms with van der Waals surface area (Å²) in [6, 6.07) is 6.45. The smallest absolute Gasteiger partial charge is 0.303 e. The molecule has 2 amide bonds. The first-order valence-corrected chi connectivity index (χ1v) is 10.9. The van der Waals surface area contributed by atoms with Crippen LogP contribution in [0.3, 0.4) is 0 Å². The van der Waals surface area contributed by atoms with Crippen LogP contribution in [0.25, 0.3) is 17.4 Å². The molecule has 0 unspecified atom stereocenters. The number of benzene rings is 1. The molecule has 1 fully saturated rings. The van der Waals surface area contributed by atoms with E-state index < -0.39 is 11.9 Å². The van der Waals surface area contributed by atoms with E-state index in [9.17, 15) is 14.4 Å². The Morgan fingerprint density at radius 2 is 1.80 bits per heavy atom. The highest BCUT2D eigenvalue weighted by Crippen LogP contribution is 2.37. The van der Waals surface area contributed by atoms with Crippen molar-refractivity contribution in [1.29, 1.82) is 0 Å². The fraction of sp³-hybridized carbons (Fsp3) is 0.250. The van der Waals surface area contributed by atoms with Gasteiger partial charge in [0.25, 0.3) is 11.1 Å². The largest absolute Gasteiger partial charge is 0.481 e. The average molecular weight is 489 g/mol. The minimum atomic E-state index is -0.857. The number of thioether (sulfide) groups is 1. The predicted octanol–water partition coefficient (Wildman–Crippen LogP) is 6.59. The number of carboxylic acid groups (broad SMARTS) is 1. The number of halogens is 3. The second-order valence-electron chi connectivity index (χ2n) is 6.49. The average Bonchev–Trinajstić information content (AvgIpc) is 3.24. The summed E-state index contributed by atoms with van der Waals surface area (Å²) in [6.07, 6.45) is 3.27. The first-order valence-electron chi connectivity index (χ1n) is 8.98. The monoisotopic (exact) mass is 487 g/mol. The Hall–Kier alpha value is -1.93. The van der Waals surface area contributed by atoms with Crippen molar-refractivity contribution in [2.24, 2.45) is 0 Å². The Balaban J connectivity index is 1.68. The summed E-state index contributed by atoms with van der Waals surface area (Å²) in [4.78, 5) is 36.6. The van der Waals surface area contributed by atoms with Gasteiger partial charge in [-0.2, -0.15) is 0 Å². The molecule has 2 aromatic rings. The van der Waals surface area contributed by atoms with Crippen LogP contribution in [0.5, 0.6) is 0 Å². The van der Waals surface area contributed by atoms with Crippen LogP contribution in [-0.4, -0.2) is 33.7 Å². The third-order valence-corrected chi connectivity index (χ3v) is 6.26. The molecular weight excluding hydrogens is 473 g/mol. The summed E-state index contributed by atoms with van der Waals surface area (Å²) >= 11 is 19.0. The van der Waals surface area contributed by atoms with Crippen LogP contribution in [0.1, 0.15) is 31.4 Å². The van der Waals surface area contributed by atoms with E-state index in [0.717, 1.165) is 16.7 Å². The lowest BCUT2D eigenvalue weighted by Gasteiger charge is -2.11. The molecule has 2 heterocycles. The normalized spacial score (nSPS) is 15.4. The Kier molecular flexibility index (Phi) is 7.52. The molecule has 1 saturated heterocycles. The zero-order valence-electron chi connectivity index (χ0n) is 15.5. The van der Waals surface area contributed by atoms with E-state index in [1.165, 1.54) is 12.1 Å². The Morgan fingerprint density at radius 1 is 1.07 bits per heavy atom. The molecule has 1 aromatic carbocycles. The Morgan fingerprint density at radius 3 is 2.53 bits per heavy atom. The zero-order valence-corrected chi connectivity index (χ0v) is 18.6. The number of imide groups is 1. The lowest BCUT2D eigenvalue weighted by Crippen LogP contribution is -2.29. The van der Waals surface area contributed by atoms with Crippen molar-refractivity contribution in [3.05, 3.63) is 50.0 Å². The summed E-state index contributed by atoms with van der Waals surface area (Å²) in [5, 5.41) is 9.31. The fourth-order valence-corrected chi connectivity index (χ4v) is 4.32. The quantitative estimate of drug-likeness (QED) is 0.256. The predicted molar refractivity (Wildman–Crippen MR) is 118 cm³/mol. The molecule has 158 valence electrons. The summed E-state index contributed by atoms with van der Waals surface area (Å²) in [5.41, 5.74) is 0.556. The number of hydrogen-bond donors (Lipinski definition) is 1. The number of unbranched alkanes of at least 4 members (excludes halogenated alkanes) is 2. The van der Waals surface area contributed by atoms with Crippen molar-refractivity contribution in [2.45, 2.75) is 25.7 Å². The van der Waals surface area contributed by atoms with Gasteiger partial charge >= 0.3 is 5.97 Å². The van der Waals surface area contributed by atoms with Crippen LogP contribution >= 0.6 is 46.6 Å². The van der Waals surface area contributed by atoms with Gasteiger partial charge in [0.15, 0.2) is 0 Å². The highest BCUT2D eigenvalue weighted by Gasteiger charge is 2.34. The highest BCUT2D eigenvalue weighted by atomic mass is 35.5. The SMILES string of the molecule is O=C(O)CCCCCN1C(=O)SC(=Cc2ccc(-c3cc(Cl)c(Cl)cc3Cl)o2)C1=O. The van der Waals surface area contributed by atoms with Crippen LogP contribution in [0.2, 0.25) is 15.1 Å². The van der Waals surface area contributed by atoms with Gasteiger partial charge in [0.2, 0.25) is 0 Å². The summed E-state index contributed by atoms with van der Waals surface area (Å²) in [5.74, 6) is -0.417. The molecule has 1 aliphatic heterocycles. The second kappa shape index (κ2) is 9.92. The van der Waals surface area contributed by atoms with Crippen molar-refractivity contribution in [3.8, 4) is 11.3 Å². The van der Waals surface area contributed by atoms with E-state index >= 15 is 0 Å². The number of carbonyl (C=O) groups excluding carboxylic acids is 2. The standard InChI is InChI=1S/C20H16Cl3NO5S/c21-13-10-15(23)14(22)9-12(13)16-6-5-11(29-16)8-17-19(27)24(20(28)30-17)7-3-1-2-4-18(25)26/h5-6,8-10H,1-4,7H2,(H,25,26). The molecule has 0 atom stereocenters. The third kappa shape index (κ3) is 5.40. The van der Waals surface area contributed by atoms with Gasteiger partial charge in [-0.05, 0) is 48.9 Å². The van der Waals surface area contributed by atoms with Gasteiger partial charge in [-0.25, -0.2) is 0 Å². The lowest BCUT2D eigenvalue weighted by atomic mass is 10.2. The Labute approximate surface area is 191 Å². The first-order chi connectivity index (χ1) is 14.3. The lowest BCUT2D eigenvalue weighted by molar-refractivity contribution is -0.137. The number of furan rings is 1. The van der Waals surface area contributed by atoms with E-state index in [0.29, 0.717) is 51.4 Å². The van der Waals surface area contributed by atoms with Crippen molar-refractivity contribution in [3.63, 3.8) is 0 Å². The van der Waals surface area contributed by atoms with E-state index in [2.05, 4.69) is 0 Å². The highest BCUT2D eigenvalue weighted by molar-refractivity contribution is 8.18. The van der Waals surface area contributed by atoms with Gasteiger partial charge < -0.3 is 9.52 Å². The van der Waals surface area contributed by atoms with Gasteiger partial charge in [0, 0.05) is 24.6 Å². The van der Waals surface area contributed by atoms with Crippen LogP contribution < -0.4 is 0 Å². The summed E-state index contributed by atoms with van der Waals surface area (Å²) in [7, 11) is 0. The first kappa shape index (κ1) is 22.7.